The molecule has 0 saturated carbocycles. The van der Waals surface area contributed by atoms with Gasteiger partial charge in [0.25, 0.3) is 0 Å². The zero-order chi connectivity index (χ0) is 21.0. The number of aryl methyl sites for hydroxylation is 1. The van der Waals surface area contributed by atoms with Crippen molar-refractivity contribution in [2.75, 3.05) is 36.7 Å². The van der Waals surface area contributed by atoms with E-state index in [-0.39, 0.29) is 4.90 Å². The van der Waals surface area contributed by atoms with Crippen molar-refractivity contribution in [3.05, 3.63) is 60.4 Å². The largest absolute Gasteiger partial charge is 0.376 e. The van der Waals surface area contributed by atoms with Gasteiger partial charge in [0.15, 0.2) is 0 Å². The van der Waals surface area contributed by atoms with Crippen LogP contribution in [0.25, 0.3) is 0 Å². The topological polar surface area (TPSA) is 99.2 Å². The van der Waals surface area contributed by atoms with E-state index >= 15 is 0 Å². The van der Waals surface area contributed by atoms with Crippen LogP contribution in [0.15, 0.2) is 59.8 Å². The Labute approximate surface area is 171 Å². The normalized spacial score (nSPS) is 11.2. The SMILES string of the molecule is CNS(=O)(=O)c1ccc(N(C)C)c(Nc2cc(Nc3cccc(C)c3)ncn2)c1. The number of benzene rings is 2. The summed E-state index contributed by atoms with van der Waals surface area (Å²) in [5.41, 5.74) is 3.50. The lowest BCUT2D eigenvalue weighted by Gasteiger charge is -2.19. The molecule has 0 aliphatic heterocycles. The molecule has 3 aromatic rings. The molecule has 3 rings (SSSR count). The number of nitrogens with zero attached hydrogens (tertiary/aromatic N) is 3. The third-order valence-corrected chi connectivity index (χ3v) is 5.66. The summed E-state index contributed by atoms with van der Waals surface area (Å²) in [5, 5.41) is 6.45. The molecule has 0 saturated heterocycles. The van der Waals surface area contributed by atoms with Crippen molar-refractivity contribution >= 4 is 38.7 Å². The number of nitrogens with one attached hydrogen (secondary N) is 3. The van der Waals surface area contributed by atoms with Crippen molar-refractivity contribution < 1.29 is 8.42 Å². The predicted octanol–water partition coefficient (Wildman–Crippen LogP) is 3.25. The molecule has 0 bridgehead atoms. The summed E-state index contributed by atoms with van der Waals surface area (Å²) < 4.78 is 26.7. The van der Waals surface area contributed by atoms with Crippen LogP contribution in [0.4, 0.5) is 28.7 Å². The van der Waals surface area contributed by atoms with Gasteiger partial charge in [-0.05, 0) is 49.9 Å². The molecular weight excluding hydrogens is 388 g/mol. The minimum Gasteiger partial charge on any atom is -0.376 e. The third kappa shape index (κ3) is 5.01. The van der Waals surface area contributed by atoms with Crippen LogP contribution in [0.5, 0.6) is 0 Å². The van der Waals surface area contributed by atoms with E-state index in [0.29, 0.717) is 17.3 Å². The molecule has 29 heavy (non-hydrogen) atoms. The van der Waals surface area contributed by atoms with Gasteiger partial charge in [0, 0.05) is 25.8 Å². The summed E-state index contributed by atoms with van der Waals surface area (Å²) >= 11 is 0. The second-order valence-electron chi connectivity index (χ2n) is 6.69. The van der Waals surface area contributed by atoms with Crippen LogP contribution >= 0.6 is 0 Å². The second-order valence-corrected chi connectivity index (χ2v) is 8.58. The smallest absolute Gasteiger partial charge is 0.240 e. The Morgan fingerprint density at radius 1 is 0.931 bits per heavy atom. The van der Waals surface area contributed by atoms with Crippen molar-refractivity contribution in [2.45, 2.75) is 11.8 Å². The van der Waals surface area contributed by atoms with Crippen molar-refractivity contribution in [1.82, 2.24) is 14.7 Å². The quantitative estimate of drug-likeness (QED) is 0.548. The first-order chi connectivity index (χ1) is 13.8. The van der Waals surface area contributed by atoms with Crippen LogP contribution in [-0.2, 0) is 10.0 Å². The first-order valence-electron chi connectivity index (χ1n) is 8.96. The van der Waals surface area contributed by atoms with E-state index in [1.54, 1.807) is 24.3 Å². The van der Waals surface area contributed by atoms with E-state index < -0.39 is 10.0 Å². The minimum absolute atomic E-state index is 0.167. The monoisotopic (exact) mass is 412 g/mol. The molecule has 0 fully saturated rings. The lowest BCUT2D eigenvalue weighted by molar-refractivity contribution is 0.588. The summed E-state index contributed by atoms with van der Waals surface area (Å²) in [7, 11) is 1.60. The van der Waals surface area contributed by atoms with Gasteiger partial charge >= 0.3 is 0 Å². The highest BCUT2D eigenvalue weighted by Gasteiger charge is 2.15. The molecule has 0 aliphatic carbocycles. The molecule has 3 N–H and O–H groups in total. The lowest BCUT2D eigenvalue weighted by Crippen LogP contribution is -2.19. The summed E-state index contributed by atoms with van der Waals surface area (Å²) in [6.45, 7) is 2.02. The Bertz CT molecular complexity index is 1120. The van der Waals surface area contributed by atoms with Crippen LogP contribution in [0.1, 0.15) is 5.56 Å². The van der Waals surface area contributed by atoms with Crippen LogP contribution in [0, 0.1) is 6.92 Å². The number of hydrogen-bond acceptors (Lipinski definition) is 7. The number of hydrogen-bond donors (Lipinski definition) is 3. The predicted molar refractivity (Wildman–Crippen MR) is 117 cm³/mol. The number of rotatable bonds is 7. The molecule has 0 radical (unpaired) electrons. The van der Waals surface area contributed by atoms with Gasteiger partial charge in [-0.1, -0.05) is 12.1 Å². The van der Waals surface area contributed by atoms with Gasteiger partial charge in [-0.25, -0.2) is 23.1 Å². The van der Waals surface area contributed by atoms with Crippen LogP contribution in [0.3, 0.4) is 0 Å². The van der Waals surface area contributed by atoms with Crippen LogP contribution in [0.2, 0.25) is 0 Å². The maximum atomic E-state index is 12.2. The first-order valence-corrected chi connectivity index (χ1v) is 10.4. The Hall–Kier alpha value is -3.17. The molecule has 0 amide bonds. The fourth-order valence-corrected chi connectivity index (χ4v) is 3.55. The average Bonchev–Trinajstić information content (AvgIpc) is 2.68. The third-order valence-electron chi connectivity index (χ3n) is 4.25. The second kappa shape index (κ2) is 8.46. The Balaban J connectivity index is 1.92. The summed E-state index contributed by atoms with van der Waals surface area (Å²) in [4.78, 5) is 10.6. The van der Waals surface area contributed by atoms with E-state index in [9.17, 15) is 8.42 Å². The Morgan fingerprint density at radius 2 is 1.66 bits per heavy atom. The van der Waals surface area contributed by atoms with E-state index in [0.717, 1.165) is 16.9 Å². The maximum Gasteiger partial charge on any atom is 0.240 e. The minimum atomic E-state index is -3.56. The van der Waals surface area contributed by atoms with E-state index in [1.165, 1.54) is 13.4 Å². The number of aromatic nitrogens is 2. The zero-order valence-corrected chi connectivity index (χ0v) is 17.6. The summed E-state index contributed by atoms with van der Waals surface area (Å²) in [6.07, 6.45) is 1.45. The van der Waals surface area contributed by atoms with E-state index in [4.69, 9.17) is 0 Å². The van der Waals surface area contributed by atoms with Gasteiger partial charge in [-0.15, -0.1) is 0 Å². The molecule has 9 heteroatoms. The fraction of sp³-hybridized carbons (Fsp3) is 0.200. The number of anilines is 5. The van der Waals surface area contributed by atoms with Gasteiger partial charge in [0.2, 0.25) is 10.0 Å². The fourth-order valence-electron chi connectivity index (χ4n) is 2.79. The van der Waals surface area contributed by atoms with Gasteiger partial charge < -0.3 is 15.5 Å². The lowest BCUT2D eigenvalue weighted by atomic mass is 10.2. The van der Waals surface area contributed by atoms with Crippen molar-refractivity contribution in [3.63, 3.8) is 0 Å². The molecule has 152 valence electrons. The van der Waals surface area contributed by atoms with Gasteiger partial charge in [-0.2, -0.15) is 0 Å². The highest BCUT2D eigenvalue weighted by molar-refractivity contribution is 7.89. The van der Waals surface area contributed by atoms with Crippen LogP contribution in [-0.4, -0.2) is 39.5 Å². The molecule has 2 aromatic carbocycles. The van der Waals surface area contributed by atoms with Crippen molar-refractivity contribution in [3.8, 4) is 0 Å². The average molecular weight is 413 g/mol. The highest BCUT2D eigenvalue weighted by Crippen LogP contribution is 2.30. The maximum absolute atomic E-state index is 12.2. The molecule has 0 atom stereocenters. The Morgan fingerprint density at radius 3 is 2.31 bits per heavy atom. The molecular formula is C20H24N6O2S. The van der Waals surface area contributed by atoms with Crippen molar-refractivity contribution in [2.24, 2.45) is 0 Å². The molecule has 0 unspecified atom stereocenters. The highest BCUT2D eigenvalue weighted by atomic mass is 32.2. The summed E-state index contributed by atoms with van der Waals surface area (Å²) in [6, 6.07) is 14.6. The molecule has 0 aliphatic rings. The molecule has 8 nitrogen and oxygen atoms in total. The summed E-state index contributed by atoms with van der Waals surface area (Å²) in [5.74, 6) is 1.16. The molecule has 1 heterocycles. The number of sulfonamides is 1. The van der Waals surface area contributed by atoms with Gasteiger partial charge in [0.05, 0.1) is 16.3 Å². The van der Waals surface area contributed by atoms with Gasteiger partial charge in [0.1, 0.15) is 18.0 Å². The first kappa shape index (κ1) is 20.6. The standard InChI is InChI=1S/C20H24N6O2S/c1-14-6-5-7-15(10-14)24-19-12-20(23-13-22-19)25-17-11-16(29(27,28)21-2)8-9-18(17)26(3)4/h5-13,21H,1-4H3,(H2,22,23,24,25). The van der Waals surface area contributed by atoms with Gasteiger partial charge in [-0.3, -0.25) is 0 Å². The van der Waals surface area contributed by atoms with E-state index in [1.807, 2.05) is 50.2 Å². The van der Waals surface area contributed by atoms with E-state index in [2.05, 4.69) is 25.3 Å². The molecule has 1 aromatic heterocycles. The Kier molecular flexibility index (Phi) is 6.00. The molecule has 0 spiro atoms. The van der Waals surface area contributed by atoms with Crippen LogP contribution < -0.4 is 20.3 Å². The zero-order valence-electron chi connectivity index (χ0n) is 16.8. The van der Waals surface area contributed by atoms with Crippen molar-refractivity contribution in [1.29, 1.82) is 0 Å².